The molecular formula is C20H29NO5S. The van der Waals surface area contributed by atoms with Gasteiger partial charge >= 0.3 is 5.97 Å². The molecule has 0 bridgehead atoms. The number of morpholine rings is 1. The van der Waals surface area contributed by atoms with E-state index in [1.54, 1.807) is 0 Å². The molecule has 0 spiro atoms. The lowest BCUT2D eigenvalue weighted by molar-refractivity contribution is -0.0440. The van der Waals surface area contributed by atoms with Gasteiger partial charge in [0.25, 0.3) is 0 Å². The van der Waals surface area contributed by atoms with Gasteiger partial charge in [-0.2, -0.15) is 4.31 Å². The van der Waals surface area contributed by atoms with E-state index >= 15 is 0 Å². The van der Waals surface area contributed by atoms with Crippen LogP contribution >= 0.6 is 0 Å². The monoisotopic (exact) mass is 395 g/mol. The Morgan fingerprint density at radius 2 is 1.67 bits per heavy atom. The maximum absolute atomic E-state index is 12.8. The SMILES string of the molecule is CC1CN(S(=O)(=O)c2ccc(C(=O)OCC3CCCCC3)cc2)CC(C)O1. The standard InChI is InChI=1S/C20H29NO5S/c1-15-12-21(13-16(2)26-15)27(23,24)19-10-8-18(9-11-19)20(22)25-14-17-6-4-3-5-7-17/h8-11,15-17H,3-7,12-14H2,1-2H3. The largest absolute Gasteiger partial charge is 0.462 e. The maximum Gasteiger partial charge on any atom is 0.338 e. The smallest absolute Gasteiger partial charge is 0.338 e. The predicted molar refractivity (Wildman–Crippen MR) is 102 cm³/mol. The van der Waals surface area contributed by atoms with Crippen LogP contribution in [-0.2, 0) is 19.5 Å². The molecule has 2 unspecified atom stereocenters. The summed E-state index contributed by atoms with van der Waals surface area (Å²) >= 11 is 0. The Morgan fingerprint density at radius 3 is 2.26 bits per heavy atom. The van der Waals surface area contributed by atoms with Crippen LogP contribution in [0.4, 0.5) is 0 Å². The first kappa shape index (κ1) is 20.3. The second kappa shape index (κ2) is 8.71. The van der Waals surface area contributed by atoms with E-state index in [4.69, 9.17) is 9.47 Å². The molecular weight excluding hydrogens is 366 g/mol. The maximum atomic E-state index is 12.8. The summed E-state index contributed by atoms with van der Waals surface area (Å²) in [5.74, 6) is 0.0609. The summed E-state index contributed by atoms with van der Waals surface area (Å²) in [6.07, 6.45) is 5.61. The van der Waals surface area contributed by atoms with Crippen LogP contribution in [0.5, 0.6) is 0 Å². The highest BCUT2D eigenvalue weighted by atomic mass is 32.2. The molecule has 2 fully saturated rings. The molecule has 0 aromatic heterocycles. The van der Waals surface area contributed by atoms with E-state index in [1.165, 1.54) is 47.8 Å². The van der Waals surface area contributed by atoms with Crippen LogP contribution in [0.25, 0.3) is 0 Å². The molecule has 7 heteroatoms. The van der Waals surface area contributed by atoms with Crippen molar-refractivity contribution in [3.63, 3.8) is 0 Å². The molecule has 0 N–H and O–H groups in total. The molecule has 1 aliphatic heterocycles. The number of nitrogens with zero attached hydrogens (tertiary/aromatic N) is 1. The first-order valence-corrected chi connectivity index (χ1v) is 11.2. The molecule has 150 valence electrons. The minimum atomic E-state index is -3.60. The molecule has 27 heavy (non-hydrogen) atoms. The van der Waals surface area contributed by atoms with Gasteiger partial charge in [0.2, 0.25) is 10.0 Å². The number of hydrogen-bond acceptors (Lipinski definition) is 5. The molecule has 1 saturated carbocycles. The average Bonchev–Trinajstić information content (AvgIpc) is 2.66. The summed E-state index contributed by atoms with van der Waals surface area (Å²) < 4.78 is 38.2. The molecule has 6 nitrogen and oxygen atoms in total. The van der Waals surface area contributed by atoms with Gasteiger partial charge in [0.15, 0.2) is 0 Å². The van der Waals surface area contributed by atoms with Gasteiger partial charge in [-0.05, 0) is 56.9 Å². The second-order valence-electron chi connectivity index (χ2n) is 7.71. The van der Waals surface area contributed by atoms with Crippen molar-refractivity contribution >= 4 is 16.0 Å². The molecule has 2 atom stereocenters. The fourth-order valence-corrected chi connectivity index (χ4v) is 5.46. The third-order valence-electron chi connectivity index (χ3n) is 5.29. The fraction of sp³-hybridized carbons (Fsp3) is 0.650. The van der Waals surface area contributed by atoms with E-state index in [0.717, 1.165) is 12.8 Å². The minimum absolute atomic E-state index is 0.141. The van der Waals surface area contributed by atoms with Gasteiger partial charge in [-0.1, -0.05) is 19.3 Å². The third-order valence-corrected chi connectivity index (χ3v) is 7.13. The van der Waals surface area contributed by atoms with Crippen LogP contribution in [0.2, 0.25) is 0 Å². The number of sulfonamides is 1. The summed E-state index contributed by atoms with van der Waals surface area (Å²) in [4.78, 5) is 12.4. The highest BCUT2D eigenvalue weighted by Crippen LogP contribution is 2.25. The van der Waals surface area contributed by atoms with Crippen molar-refractivity contribution in [1.82, 2.24) is 4.31 Å². The highest BCUT2D eigenvalue weighted by Gasteiger charge is 2.32. The normalized spacial score (nSPS) is 25.3. The first-order valence-electron chi connectivity index (χ1n) is 9.79. The van der Waals surface area contributed by atoms with Crippen molar-refractivity contribution in [1.29, 1.82) is 0 Å². The lowest BCUT2D eigenvalue weighted by atomic mass is 9.90. The number of rotatable bonds is 5. The van der Waals surface area contributed by atoms with Crippen LogP contribution in [0.15, 0.2) is 29.2 Å². The number of carbonyl (C=O) groups is 1. The van der Waals surface area contributed by atoms with Crippen LogP contribution in [0.3, 0.4) is 0 Å². The van der Waals surface area contributed by atoms with Gasteiger partial charge in [-0.15, -0.1) is 0 Å². The van der Waals surface area contributed by atoms with Crippen LogP contribution in [0.1, 0.15) is 56.3 Å². The Morgan fingerprint density at radius 1 is 1.07 bits per heavy atom. The Bertz CT molecular complexity index is 730. The Hall–Kier alpha value is -1.44. The molecule has 2 aliphatic rings. The van der Waals surface area contributed by atoms with E-state index in [9.17, 15) is 13.2 Å². The van der Waals surface area contributed by atoms with Crippen LogP contribution in [-0.4, -0.2) is 50.6 Å². The van der Waals surface area contributed by atoms with Gasteiger partial charge in [0.05, 0.1) is 29.3 Å². The van der Waals surface area contributed by atoms with Crippen molar-refractivity contribution in [2.75, 3.05) is 19.7 Å². The summed E-state index contributed by atoms with van der Waals surface area (Å²) in [6.45, 7) is 4.84. The van der Waals surface area contributed by atoms with Crippen LogP contribution in [0, 0.1) is 5.92 Å². The predicted octanol–water partition coefficient (Wildman–Crippen LogP) is 3.22. The topological polar surface area (TPSA) is 72.9 Å². The van der Waals surface area contributed by atoms with Gasteiger partial charge in [-0.25, -0.2) is 13.2 Å². The summed E-state index contributed by atoms with van der Waals surface area (Å²) in [7, 11) is -3.60. The lowest BCUT2D eigenvalue weighted by Gasteiger charge is -2.34. The summed E-state index contributed by atoms with van der Waals surface area (Å²) in [5, 5.41) is 0. The molecule has 0 radical (unpaired) electrons. The number of hydrogen-bond donors (Lipinski definition) is 0. The van der Waals surface area contributed by atoms with Crippen molar-refractivity contribution in [2.24, 2.45) is 5.92 Å². The van der Waals surface area contributed by atoms with E-state index in [2.05, 4.69) is 0 Å². The fourth-order valence-electron chi connectivity index (χ4n) is 3.87. The minimum Gasteiger partial charge on any atom is -0.462 e. The zero-order chi connectivity index (χ0) is 19.4. The number of benzene rings is 1. The number of ether oxygens (including phenoxy) is 2. The van der Waals surface area contributed by atoms with E-state index in [-0.39, 0.29) is 17.1 Å². The van der Waals surface area contributed by atoms with E-state index in [1.807, 2.05) is 13.8 Å². The van der Waals surface area contributed by atoms with E-state index < -0.39 is 16.0 Å². The average molecular weight is 396 g/mol. The third kappa shape index (κ3) is 5.09. The first-order chi connectivity index (χ1) is 12.9. The Kier molecular flexibility index (Phi) is 6.55. The summed E-state index contributed by atoms with van der Waals surface area (Å²) in [6, 6.07) is 6.03. The molecule has 3 rings (SSSR count). The number of esters is 1. The summed E-state index contributed by atoms with van der Waals surface area (Å²) in [5.41, 5.74) is 0.383. The zero-order valence-corrected chi connectivity index (χ0v) is 16.9. The molecule has 1 heterocycles. The highest BCUT2D eigenvalue weighted by molar-refractivity contribution is 7.89. The van der Waals surface area contributed by atoms with Gasteiger partial charge < -0.3 is 9.47 Å². The van der Waals surface area contributed by atoms with Crippen molar-refractivity contribution in [2.45, 2.75) is 63.1 Å². The Labute approximate surface area is 161 Å². The Balaban J connectivity index is 1.62. The molecule has 1 saturated heterocycles. The quantitative estimate of drug-likeness (QED) is 0.716. The second-order valence-corrected chi connectivity index (χ2v) is 9.64. The number of carbonyl (C=O) groups excluding carboxylic acids is 1. The van der Waals surface area contributed by atoms with Crippen molar-refractivity contribution in [3.05, 3.63) is 29.8 Å². The van der Waals surface area contributed by atoms with Gasteiger partial charge in [0, 0.05) is 13.1 Å². The molecule has 1 aliphatic carbocycles. The van der Waals surface area contributed by atoms with Gasteiger partial charge in [0.1, 0.15) is 0 Å². The van der Waals surface area contributed by atoms with Crippen molar-refractivity contribution < 1.29 is 22.7 Å². The lowest BCUT2D eigenvalue weighted by Crippen LogP contribution is -2.48. The van der Waals surface area contributed by atoms with Crippen LogP contribution < -0.4 is 0 Å². The molecule has 1 aromatic rings. The zero-order valence-electron chi connectivity index (χ0n) is 16.1. The van der Waals surface area contributed by atoms with E-state index in [0.29, 0.717) is 31.2 Å². The van der Waals surface area contributed by atoms with Crippen molar-refractivity contribution in [3.8, 4) is 0 Å². The molecule has 1 aromatic carbocycles. The molecule has 0 amide bonds. The van der Waals surface area contributed by atoms with Gasteiger partial charge in [-0.3, -0.25) is 0 Å².